The van der Waals surface area contributed by atoms with Gasteiger partial charge in [-0.3, -0.25) is 14.6 Å². The zero-order valence-electron chi connectivity index (χ0n) is 13.0. The van der Waals surface area contributed by atoms with Gasteiger partial charge in [0.05, 0.1) is 11.9 Å². The summed E-state index contributed by atoms with van der Waals surface area (Å²) in [4.78, 5) is 31.9. The van der Waals surface area contributed by atoms with Crippen LogP contribution in [0.15, 0.2) is 48.8 Å². The van der Waals surface area contributed by atoms with Gasteiger partial charge in [-0.1, -0.05) is 17.7 Å². The third-order valence-electron chi connectivity index (χ3n) is 3.85. The van der Waals surface area contributed by atoms with Gasteiger partial charge in [-0.15, -0.1) is 0 Å². The molecule has 1 N–H and O–H groups in total. The second-order valence-corrected chi connectivity index (χ2v) is 5.89. The predicted octanol–water partition coefficient (Wildman–Crippen LogP) is 2.02. The number of anilines is 2. The number of pyridine rings is 1. The standard InChI is InChI=1S/C17H17ClN4O2/c18-13-3-1-5-15(11-13)21-7-9-22(10-8-21)17(24)16(23)20-14-4-2-6-19-12-14/h1-6,11-12H,7-10H2,(H,20,23). The van der Waals surface area contributed by atoms with Crippen LogP contribution in [0, 0.1) is 0 Å². The summed E-state index contributed by atoms with van der Waals surface area (Å²) in [6.45, 7) is 2.30. The van der Waals surface area contributed by atoms with Gasteiger partial charge in [0.25, 0.3) is 0 Å². The maximum Gasteiger partial charge on any atom is 0.313 e. The molecule has 2 aromatic rings. The molecule has 1 saturated heterocycles. The molecule has 1 fully saturated rings. The van der Waals surface area contributed by atoms with Crippen molar-refractivity contribution in [3.63, 3.8) is 0 Å². The summed E-state index contributed by atoms with van der Waals surface area (Å²) in [6, 6.07) is 11.0. The molecule has 1 aromatic heterocycles. The number of rotatable bonds is 2. The van der Waals surface area contributed by atoms with Crippen molar-refractivity contribution in [2.45, 2.75) is 0 Å². The normalized spacial score (nSPS) is 14.4. The van der Waals surface area contributed by atoms with Gasteiger partial charge < -0.3 is 15.1 Å². The number of hydrogen-bond acceptors (Lipinski definition) is 4. The van der Waals surface area contributed by atoms with Crippen LogP contribution < -0.4 is 10.2 Å². The molecule has 0 aliphatic carbocycles. The minimum absolute atomic E-state index is 0.492. The third-order valence-corrected chi connectivity index (χ3v) is 4.09. The third kappa shape index (κ3) is 3.83. The number of hydrogen-bond donors (Lipinski definition) is 1. The van der Waals surface area contributed by atoms with E-state index in [1.54, 1.807) is 23.2 Å². The van der Waals surface area contributed by atoms with Crippen LogP contribution in [0.3, 0.4) is 0 Å². The van der Waals surface area contributed by atoms with Crippen LogP contribution >= 0.6 is 11.6 Å². The van der Waals surface area contributed by atoms with Gasteiger partial charge in [-0.05, 0) is 30.3 Å². The van der Waals surface area contributed by atoms with Crippen molar-refractivity contribution in [2.24, 2.45) is 0 Å². The fourth-order valence-electron chi connectivity index (χ4n) is 2.61. The van der Waals surface area contributed by atoms with E-state index in [4.69, 9.17) is 11.6 Å². The number of piperazine rings is 1. The Kier molecular flexibility index (Phi) is 4.96. The number of halogens is 1. The molecule has 2 heterocycles. The number of aromatic nitrogens is 1. The largest absolute Gasteiger partial charge is 0.368 e. The molecule has 3 rings (SSSR count). The van der Waals surface area contributed by atoms with E-state index in [-0.39, 0.29) is 0 Å². The molecule has 0 atom stereocenters. The van der Waals surface area contributed by atoms with E-state index in [1.807, 2.05) is 24.3 Å². The van der Waals surface area contributed by atoms with Gasteiger partial charge in [0.2, 0.25) is 0 Å². The Morgan fingerprint density at radius 2 is 1.88 bits per heavy atom. The summed E-state index contributed by atoms with van der Waals surface area (Å²) in [6.07, 6.45) is 3.11. The summed E-state index contributed by atoms with van der Waals surface area (Å²) in [7, 11) is 0. The van der Waals surface area contributed by atoms with Crippen LogP contribution in [0.25, 0.3) is 0 Å². The van der Waals surface area contributed by atoms with Crippen molar-refractivity contribution in [3.8, 4) is 0 Å². The van der Waals surface area contributed by atoms with Gasteiger partial charge in [0, 0.05) is 43.1 Å². The van der Waals surface area contributed by atoms with E-state index in [0.717, 1.165) is 5.69 Å². The van der Waals surface area contributed by atoms with E-state index < -0.39 is 11.8 Å². The Balaban J connectivity index is 1.56. The van der Waals surface area contributed by atoms with Crippen LogP contribution in [-0.2, 0) is 9.59 Å². The molecule has 24 heavy (non-hydrogen) atoms. The first-order valence-corrected chi connectivity index (χ1v) is 8.02. The maximum atomic E-state index is 12.3. The summed E-state index contributed by atoms with van der Waals surface area (Å²) >= 11 is 6.01. The molecule has 0 radical (unpaired) electrons. The highest BCUT2D eigenvalue weighted by Crippen LogP contribution is 2.20. The molecule has 0 spiro atoms. The van der Waals surface area contributed by atoms with Crippen molar-refractivity contribution in [2.75, 3.05) is 36.4 Å². The molecule has 1 aliphatic rings. The minimum atomic E-state index is -0.640. The van der Waals surface area contributed by atoms with Crippen molar-refractivity contribution in [1.29, 1.82) is 0 Å². The van der Waals surface area contributed by atoms with Crippen LogP contribution in [-0.4, -0.2) is 47.9 Å². The zero-order chi connectivity index (χ0) is 16.9. The first-order chi connectivity index (χ1) is 11.6. The van der Waals surface area contributed by atoms with E-state index >= 15 is 0 Å². The van der Waals surface area contributed by atoms with Gasteiger partial charge >= 0.3 is 11.8 Å². The highest BCUT2D eigenvalue weighted by atomic mass is 35.5. The van der Waals surface area contributed by atoms with Crippen molar-refractivity contribution in [3.05, 3.63) is 53.8 Å². The summed E-state index contributed by atoms with van der Waals surface area (Å²) in [5.74, 6) is -1.16. The Bertz CT molecular complexity index is 730. The van der Waals surface area contributed by atoms with Gasteiger partial charge in [-0.2, -0.15) is 0 Å². The number of nitrogens with zero attached hydrogens (tertiary/aromatic N) is 3. The van der Waals surface area contributed by atoms with Crippen LogP contribution in [0.4, 0.5) is 11.4 Å². The van der Waals surface area contributed by atoms with Gasteiger partial charge in [0.15, 0.2) is 0 Å². The van der Waals surface area contributed by atoms with Gasteiger partial charge in [-0.25, -0.2) is 0 Å². The zero-order valence-corrected chi connectivity index (χ0v) is 13.7. The van der Waals surface area contributed by atoms with E-state index in [0.29, 0.717) is 36.9 Å². The highest BCUT2D eigenvalue weighted by Gasteiger charge is 2.26. The smallest absolute Gasteiger partial charge is 0.313 e. The quantitative estimate of drug-likeness (QED) is 0.846. The number of benzene rings is 1. The second kappa shape index (κ2) is 7.31. The molecule has 1 aliphatic heterocycles. The highest BCUT2D eigenvalue weighted by molar-refractivity contribution is 6.39. The molecule has 6 nitrogen and oxygen atoms in total. The van der Waals surface area contributed by atoms with Gasteiger partial charge in [0.1, 0.15) is 0 Å². The Hall–Kier alpha value is -2.60. The van der Waals surface area contributed by atoms with Crippen LogP contribution in [0.2, 0.25) is 5.02 Å². The number of amides is 2. The Morgan fingerprint density at radius 1 is 1.08 bits per heavy atom. The summed E-state index contributed by atoms with van der Waals surface area (Å²) < 4.78 is 0. The van der Waals surface area contributed by atoms with Crippen LogP contribution in [0.5, 0.6) is 0 Å². The first-order valence-electron chi connectivity index (χ1n) is 7.64. The lowest BCUT2D eigenvalue weighted by atomic mass is 10.2. The Morgan fingerprint density at radius 3 is 2.54 bits per heavy atom. The topological polar surface area (TPSA) is 65.5 Å². The predicted molar refractivity (Wildman–Crippen MR) is 93.1 cm³/mol. The van der Waals surface area contributed by atoms with Crippen molar-refractivity contribution in [1.82, 2.24) is 9.88 Å². The molecule has 0 saturated carbocycles. The molecule has 1 aromatic carbocycles. The van der Waals surface area contributed by atoms with Crippen molar-refractivity contribution < 1.29 is 9.59 Å². The maximum absolute atomic E-state index is 12.3. The number of nitrogens with one attached hydrogen (secondary N) is 1. The average Bonchev–Trinajstić information content (AvgIpc) is 2.62. The first kappa shape index (κ1) is 16.3. The van der Waals surface area contributed by atoms with E-state index in [1.165, 1.54) is 6.20 Å². The number of carbonyl (C=O) groups is 2. The SMILES string of the molecule is O=C(Nc1cccnc1)C(=O)N1CCN(c2cccc(Cl)c2)CC1. The molecular formula is C17H17ClN4O2. The van der Waals surface area contributed by atoms with E-state index in [9.17, 15) is 9.59 Å². The van der Waals surface area contributed by atoms with Crippen molar-refractivity contribution >= 4 is 34.8 Å². The van der Waals surface area contributed by atoms with E-state index in [2.05, 4.69) is 15.2 Å². The molecule has 7 heteroatoms. The molecule has 124 valence electrons. The molecule has 0 bridgehead atoms. The van der Waals surface area contributed by atoms with Crippen LogP contribution in [0.1, 0.15) is 0 Å². The lowest BCUT2D eigenvalue weighted by molar-refractivity contribution is -0.143. The monoisotopic (exact) mass is 344 g/mol. The lowest BCUT2D eigenvalue weighted by Gasteiger charge is -2.35. The number of carbonyl (C=O) groups excluding carboxylic acids is 2. The molecular weight excluding hydrogens is 328 g/mol. The summed E-state index contributed by atoms with van der Waals surface area (Å²) in [5, 5.41) is 3.25. The Labute approximate surface area is 145 Å². The fraction of sp³-hybridized carbons (Fsp3) is 0.235. The summed E-state index contributed by atoms with van der Waals surface area (Å²) in [5.41, 5.74) is 1.53. The lowest BCUT2D eigenvalue weighted by Crippen LogP contribution is -2.51. The molecule has 2 amide bonds. The average molecular weight is 345 g/mol. The second-order valence-electron chi connectivity index (χ2n) is 5.45. The minimum Gasteiger partial charge on any atom is -0.368 e. The fourth-order valence-corrected chi connectivity index (χ4v) is 2.79. The molecule has 0 unspecified atom stereocenters.